The van der Waals surface area contributed by atoms with Crippen molar-refractivity contribution in [3.8, 4) is 0 Å². The molecule has 150 valence electrons. The van der Waals surface area contributed by atoms with Gasteiger partial charge in [0.2, 0.25) is 0 Å². The highest BCUT2D eigenvalue weighted by atomic mass is 32.2. The minimum atomic E-state index is -4.19. The van der Waals surface area contributed by atoms with Gasteiger partial charge in [-0.15, -0.1) is 0 Å². The van der Waals surface area contributed by atoms with E-state index >= 15 is 0 Å². The van der Waals surface area contributed by atoms with Gasteiger partial charge in [-0.1, -0.05) is 24.3 Å². The molecule has 2 N–H and O–H groups in total. The molecule has 3 rings (SSSR count). The van der Waals surface area contributed by atoms with Crippen molar-refractivity contribution in [3.05, 3.63) is 95.1 Å². The normalized spacial score (nSPS) is 11.2. The molecule has 0 saturated heterocycles. The maximum absolute atomic E-state index is 13.8. The Bertz CT molecular complexity index is 1150. The third kappa shape index (κ3) is 5.17. The monoisotopic (exact) mass is 417 g/mol. The molecular formula is C21H17F2NO4S. The number of hydrogen-bond acceptors (Lipinski definition) is 3. The van der Waals surface area contributed by atoms with Gasteiger partial charge in [-0.3, -0.25) is 4.72 Å². The molecule has 5 nitrogen and oxygen atoms in total. The van der Waals surface area contributed by atoms with Gasteiger partial charge in [0.05, 0.1) is 5.56 Å². The van der Waals surface area contributed by atoms with Crippen LogP contribution in [-0.2, 0) is 22.9 Å². The molecule has 0 radical (unpaired) electrons. The highest BCUT2D eigenvalue weighted by Crippen LogP contribution is 2.20. The molecule has 0 heterocycles. The lowest BCUT2D eigenvalue weighted by Crippen LogP contribution is -2.14. The zero-order valence-electron chi connectivity index (χ0n) is 15.1. The number of benzene rings is 3. The first kappa shape index (κ1) is 20.5. The summed E-state index contributed by atoms with van der Waals surface area (Å²) in [6.45, 7) is 0. The Kier molecular flexibility index (Phi) is 5.93. The molecule has 0 aliphatic heterocycles. The van der Waals surface area contributed by atoms with Crippen molar-refractivity contribution in [2.75, 3.05) is 4.72 Å². The molecule has 0 aliphatic rings. The van der Waals surface area contributed by atoms with Gasteiger partial charge in [0.25, 0.3) is 10.0 Å². The molecule has 0 atom stereocenters. The second kappa shape index (κ2) is 8.40. The first-order valence-electron chi connectivity index (χ1n) is 8.64. The van der Waals surface area contributed by atoms with Crippen molar-refractivity contribution in [2.24, 2.45) is 0 Å². The van der Waals surface area contributed by atoms with Crippen LogP contribution in [0.3, 0.4) is 0 Å². The third-order valence-electron chi connectivity index (χ3n) is 4.27. The van der Waals surface area contributed by atoms with Crippen LogP contribution in [0.4, 0.5) is 14.5 Å². The Labute approximate surface area is 166 Å². The summed E-state index contributed by atoms with van der Waals surface area (Å²) in [4.78, 5) is 10.4. The van der Waals surface area contributed by atoms with Crippen LogP contribution in [0.25, 0.3) is 0 Å². The van der Waals surface area contributed by atoms with Crippen molar-refractivity contribution in [2.45, 2.75) is 17.7 Å². The van der Waals surface area contributed by atoms with Gasteiger partial charge >= 0.3 is 5.97 Å². The second-order valence-electron chi connectivity index (χ2n) is 6.38. The van der Waals surface area contributed by atoms with E-state index in [0.717, 1.165) is 23.3 Å². The number of halogens is 2. The predicted molar refractivity (Wildman–Crippen MR) is 104 cm³/mol. The summed E-state index contributed by atoms with van der Waals surface area (Å²) in [5.74, 6) is -3.02. The highest BCUT2D eigenvalue weighted by Gasteiger charge is 2.19. The third-order valence-corrected chi connectivity index (χ3v) is 5.68. The fourth-order valence-corrected chi connectivity index (χ4v) is 3.91. The number of aromatic carboxylic acids is 1. The van der Waals surface area contributed by atoms with E-state index in [4.69, 9.17) is 5.11 Å². The van der Waals surface area contributed by atoms with E-state index in [1.165, 1.54) is 6.07 Å². The lowest BCUT2D eigenvalue weighted by molar-refractivity contribution is 0.0696. The van der Waals surface area contributed by atoms with Gasteiger partial charge in [-0.25, -0.2) is 22.0 Å². The van der Waals surface area contributed by atoms with Crippen LogP contribution < -0.4 is 4.72 Å². The van der Waals surface area contributed by atoms with E-state index in [0.29, 0.717) is 18.9 Å². The minimum Gasteiger partial charge on any atom is -0.478 e. The largest absolute Gasteiger partial charge is 0.478 e. The molecule has 3 aromatic rings. The summed E-state index contributed by atoms with van der Waals surface area (Å²) < 4.78 is 53.6. The molecule has 0 saturated carbocycles. The Hall–Kier alpha value is -3.26. The molecule has 3 aromatic carbocycles. The van der Waals surface area contributed by atoms with Crippen molar-refractivity contribution in [1.82, 2.24) is 0 Å². The molecule has 8 heteroatoms. The zero-order chi connectivity index (χ0) is 21.0. The molecule has 0 bridgehead atoms. The number of anilines is 1. The van der Waals surface area contributed by atoms with E-state index in [2.05, 4.69) is 4.72 Å². The molecular weight excluding hydrogens is 400 g/mol. The van der Waals surface area contributed by atoms with Gasteiger partial charge in [0.15, 0.2) is 0 Å². The first-order chi connectivity index (χ1) is 13.7. The predicted octanol–water partition coefficient (Wildman–Crippen LogP) is 4.25. The lowest BCUT2D eigenvalue weighted by Gasteiger charge is -2.10. The number of nitrogens with one attached hydrogen (secondary N) is 1. The first-order valence-corrected chi connectivity index (χ1v) is 10.1. The van der Waals surface area contributed by atoms with Crippen molar-refractivity contribution >= 4 is 21.7 Å². The number of aryl methyl sites for hydroxylation is 2. The Morgan fingerprint density at radius 3 is 2.24 bits per heavy atom. The maximum Gasteiger partial charge on any atom is 0.335 e. The van der Waals surface area contributed by atoms with E-state index in [9.17, 15) is 22.0 Å². The second-order valence-corrected chi connectivity index (χ2v) is 8.03. The zero-order valence-corrected chi connectivity index (χ0v) is 15.9. The number of hydrogen-bond donors (Lipinski definition) is 2. The summed E-state index contributed by atoms with van der Waals surface area (Å²) >= 11 is 0. The Morgan fingerprint density at radius 1 is 0.897 bits per heavy atom. The quantitative estimate of drug-likeness (QED) is 0.602. The van der Waals surface area contributed by atoms with Gasteiger partial charge < -0.3 is 5.11 Å². The van der Waals surface area contributed by atoms with Gasteiger partial charge in [-0.2, -0.15) is 0 Å². The van der Waals surface area contributed by atoms with Gasteiger partial charge in [0, 0.05) is 11.8 Å². The van der Waals surface area contributed by atoms with Crippen molar-refractivity contribution in [3.63, 3.8) is 0 Å². The number of carboxylic acid groups (broad SMARTS) is 1. The molecule has 29 heavy (non-hydrogen) atoms. The maximum atomic E-state index is 13.8. The summed E-state index contributed by atoms with van der Waals surface area (Å²) in [7, 11) is -4.19. The number of rotatable bonds is 7. The summed E-state index contributed by atoms with van der Waals surface area (Å²) in [6.07, 6.45) is 1.25. The summed E-state index contributed by atoms with van der Waals surface area (Å²) in [5, 5.41) is 9.03. The topological polar surface area (TPSA) is 83.5 Å². The number of sulfonamides is 1. The molecule has 0 aromatic heterocycles. The van der Waals surface area contributed by atoms with E-state index in [1.54, 1.807) is 36.4 Å². The number of carbonyl (C=O) groups is 1. The Morgan fingerprint density at radius 2 is 1.59 bits per heavy atom. The average molecular weight is 417 g/mol. The summed E-state index contributed by atoms with van der Waals surface area (Å²) in [5.41, 5.74) is 2.26. The fraction of sp³-hybridized carbons (Fsp3) is 0.0952. The fourth-order valence-electron chi connectivity index (χ4n) is 2.79. The molecule has 0 amide bonds. The van der Waals surface area contributed by atoms with Crippen molar-refractivity contribution in [1.29, 1.82) is 0 Å². The van der Waals surface area contributed by atoms with Crippen LogP contribution in [0.2, 0.25) is 0 Å². The van der Waals surface area contributed by atoms with Gasteiger partial charge in [-0.05, 0) is 60.4 Å². The smallest absolute Gasteiger partial charge is 0.335 e. The molecule has 0 aliphatic carbocycles. The highest BCUT2D eigenvalue weighted by molar-refractivity contribution is 7.92. The van der Waals surface area contributed by atoms with Crippen LogP contribution in [-0.4, -0.2) is 19.5 Å². The SMILES string of the molecule is O=C(O)c1cccc(CCc2ccc(NS(=O)(=O)c3ccc(F)cc3F)cc2)c1. The van der Waals surface area contributed by atoms with E-state index in [1.807, 2.05) is 6.07 Å². The van der Waals surface area contributed by atoms with Crippen LogP contribution in [0, 0.1) is 11.6 Å². The Balaban J connectivity index is 1.67. The summed E-state index contributed by atoms with van der Waals surface area (Å²) in [6, 6.07) is 15.4. The van der Waals surface area contributed by atoms with Crippen molar-refractivity contribution < 1.29 is 27.1 Å². The lowest BCUT2D eigenvalue weighted by atomic mass is 10.0. The molecule has 0 spiro atoms. The average Bonchev–Trinajstić information content (AvgIpc) is 2.67. The number of carboxylic acids is 1. The van der Waals surface area contributed by atoms with Crippen LogP contribution in [0.5, 0.6) is 0 Å². The van der Waals surface area contributed by atoms with Crippen LogP contribution in [0.15, 0.2) is 71.6 Å². The van der Waals surface area contributed by atoms with E-state index in [-0.39, 0.29) is 11.3 Å². The minimum absolute atomic E-state index is 0.222. The van der Waals surface area contributed by atoms with Crippen LogP contribution in [0.1, 0.15) is 21.5 Å². The standard InChI is InChI=1S/C21H17F2NO4S/c22-17-8-11-20(19(23)13-17)29(27,28)24-18-9-6-14(7-10-18)4-5-15-2-1-3-16(12-15)21(25)26/h1-3,6-13,24H,4-5H2,(H,25,26). The molecule has 0 unspecified atom stereocenters. The van der Waals surface area contributed by atoms with E-state index < -0.39 is 32.5 Å². The van der Waals surface area contributed by atoms with Crippen LogP contribution >= 0.6 is 0 Å². The molecule has 0 fully saturated rings. The van der Waals surface area contributed by atoms with Gasteiger partial charge in [0.1, 0.15) is 16.5 Å².